The number of hydrogen-bond donors (Lipinski definition) is 1. The summed E-state index contributed by atoms with van der Waals surface area (Å²) in [7, 11) is 1.60. The molecule has 0 spiro atoms. The SMILES string of the molecule is COc1cc(CN2CCCC(C(C)N)C2)ccc1C#N. The Labute approximate surface area is 121 Å². The van der Waals surface area contributed by atoms with E-state index in [1.165, 1.54) is 18.4 Å². The summed E-state index contributed by atoms with van der Waals surface area (Å²) in [4.78, 5) is 2.44. The predicted molar refractivity (Wildman–Crippen MR) is 79.4 cm³/mol. The Morgan fingerprint density at radius 2 is 2.35 bits per heavy atom. The van der Waals surface area contributed by atoms with Crippen LogP contribution in [-0.2, 0) is 6.54 Å². The lowest BCUT2D eigenvalue weighted by Crippen LogP contribution is -2.41. The Morgan fingerprint density at radius 1 is 1.55 bits per heavy atom. The number of hydrogen-bond acceptors (Lipinski definition) is 4. The Kier molecular flexibility index (Phi) is 4.99. The van der Waals surface area contributed by atoms with Gasteiger partial charge in [0.05, 0.1) is 12.7 Å². The smallest absolute Gasteiger partial charge is 0.136 e. The summed E-state index contributed by atoms with van der Waals surface area (Å²) in [5, 5.41) is 9.00. The molecule has 0 bridgehead atoms. The van der Waals surface area contributed by atoms with Crippen molar-refractivity contribution in [3.05, 3.63) is 29.3 Å². The summed E-state index contributed by atoms with van der Waals surface area (Å²) < 4.78 is 5.26. The Morgan fingerprint density at radius 3 is 3.00 bits per heavy atom. The largest absolute Gasteiger partial charge is 0.495 e. The number of piperidine rings is 1. The summed E-state index contributed by atoms with van der Waals surface area (Å²) in [5.41, 5.74) is 7.80. The van der Waals surface area contributed by atoms with Gasteiger partial charge in [-0.2, -0.15) is 5.26 Å². The molecule has 1 aromatic carbocycles. The maximum Gasteiger partial charge on any atom is 0.136 e. The zero-order chi connectivity index (χ0) is 14.5. The Balaban J connectivity index is 2.04. The molecule has 20 heavy (non-hydrogen) atoms. The van der Waals surface area contributed by atoms with E-state index in [0.29, 0.717) is 17.2 Å². The van der Waals surface area contributed by atoms with Crippen LogP contribution in [0.1, 0.15) is 30.9 Å². The van der Waals surface area contributed by atoms with Gasteiger partial charge in [-0.15, -0.1) is 0 Å². The van der Waals surface area contributed by atoms with Crippen molar-refractivity contribution < 1.29 is 4.74 Å². The van der Waals surface area contributed by atoms with Crippen molar-refractivity contribution in [1.82, 2.24) is 4.90 Å². The van der Waals surface area contributed by atoms with Gasteiger partial charge in [-0.25, -0.2) is 0 Å². The van der Waals surface area contributed by atoms with Crippen LogP contribution in [0, 0.1) is 17.2 Å². The van der Waals surface area contributed by atoms with Crippen LogP contribution in [0.15, 0.2) is 18.2 Å². The molecular weight excluding hydrogens is 250 g/mol. The third kappa shape index (κ3) is 3.50. The van der Waals surface area contributed by atoms with Crippen molar-refractivity contribution in [1.29, 1.82) is 5.26 Å². The van der Waals surface area contributed by atoms with Crippen molar-refractivity contribution in [2.45, 2.75) is 32.4 Å². The molecule has 1 aliphatic heterocycles. The fourth-order valence-electron chi connectivity index (χ4n) is 2.85. The molecule has 0 amide bonds. The second kappa shape index (κ2) is 6.74. The van der Waals surface area contributed by atoms with Gasteiger partial charge in [0.2, 0.25) is 0 Å². The molecule has 0 aliphatic carbocycles. The van der Waals surface area contributed by atoms with Crippen molar-refractivity contribution in [3.63, 3.8) is 0 Å². The fraction of sp³-hybridized carbons (Fsp3) is 0.562. The summed E-state index contributed by atoms with van der Waals surface area (Å²) >= 11 is 0. The van der Waals surface area contributed by atoms with E-state index in [4.69, 9.17) is 15.7 Å². The molecule has 1 aromatic rings. The van der Waals surface area contributed by atoms with Crippen molar-refractivity contribution in [3.8, 4) is 11.8 Å². The molecule has 108 valence electrons. The molecule has 2 unspecified atom stereocenters. The van der Waals surface area contributed by atoms with E-state index < -0.39 is 0 Å². The number of nitrogens with zero attached hydrogens (tertiary/aromatic N) is 2. The van der Waals surface area contributed by atoms with Crippen LogP contribution in [0.5, 0.6) is 5.75 Å². The first-order valence-electron chi connectivity index (χ1n) is 7.19. The van der Waals surface area contributed by atoms with Crippen LogP contribution in [0.3, 0.4) is 0 Å². The van der Waals surface area contributed by atoms with Crippen molar-refractivity contribution in [2.24, 2.45) is 11.7 Å². The molecule has 1 saturated heterocycles. The third-order valence-corrected chi connectivity index (χ3v) is 4.08. The highest BCUT2D eigenvalue weighted by Crippen LogP contribution is 2.23. The average molecular weight is 273 g/mol. The van der Waals surface area contributed by atoms with Crippen LogP contribution in [0.4, 0.5) is 0 Å². The quantitative estimate of drug-likeness (QED) is 0.913. The van der Waals surface area contributed by atoms with E-state index in [9.17, 15) is 0 Å². The standard InChI is InChI=1S/C16H23N3O/c1-12(18)15-4-3-7-19(11-15)10-13-5-6-14(9-17)16(8-13)20-2/h5-6,8,12,15H,3-4,7,10-11,18H2,1-2H3. The van der Waals surface area contributed by atoms with Crippen LogP contribution in [0.2, 0.25) is 0 Å². The van der Waals surface area contributed by atoms with Gasteiger partial charge in [-0.05, 0) is 49.9 Å². The highest BCUT2D eigenvalue weighted by atomic mass is 16.5. The Bertz CT molecular complexity index is 493. The number of rotatable bonds is 4. The van der Waals surface area contributed by atoms with Crippen molar-refractivity contribution in [2.75, 3.05) is 20.2 Å². The zero-order valence-electron chi connectivity index (χ0n) is 12.3. The molecule has 0 radical (unpaired) electrons. The molecule has 1 heterocycles. The molecule has 1 aliphatic rings. The maximum atomic E-state index is 9.00. The van der Waals surface area contributed by atoms with Gasteiger partial charge in [0.25, 0.3) is 0 Å². The number of nitriles is 1. The monoisotopic (exact) mass is 273 g/mol. The molecule has 1 fully saturated rings. The summed E-state index contributed by atoms with van der Waals surface area (Å²) in [6.07, 6.45) is 2.43. The molecule has 2 atom stereocenters. The van der Waals surface area contributed by atoms with E-state index in [1.807, 2.05) is 18.2 Å². The predicted octanol–water partition coefficient (Wildman–Crippen LogP) is 2.13. The van der Waals surface area contributed by atoms with Crippen LogP contribution in [-0.4, -0.2) is 31.1 Å². The minimum Gasteiger partial charge on any atom is -0.495 e. The van der Waals surface area contributed by atoms with Crippen LogP contribution in [0.25, 0.3) is 0 Å². The summed E-state index contributed by atoms with van der Waals surface area (Å²) in [6, 6.07) is 8.21. The number of benzene rings is 1. The normalized spacial score (nSPS) is 21.2. The van der Waals surface area contributed by atoms with Gasteiger partial charge in [0.15, 0.2) is 0 Å². The molecule has 2 N–H and O–H groups in total. The van der Waals surface area contributed by atoms with E-state index in [-0.39, 0.29) is 6.04 Å². The first-order chi connectivity index (χ1) is 9.63. The second-order valence-electron chi connectivity index (χ2n) is 5.64. The molecule has 2 rings (SSSR count). The number of likely N-dealkylation sites (tertiary alicyclic amines) is 1. The van der Waals surface area contributed by atoms with Gasteiger partial charge in [-0.3, -0.25) is 4.90 Å². The fourth-order valence-corrected chi connectivity index (χ4v) is 2.85. The second-order valence-corrected chi connectivity index (χ2v) is 5.64. The summed E-state index contributed by atoms with van der Waals surface area (Å²) in [6.45, 7) is 5.16. The number of methoxy groups -OCH3 is 1. The van der Waals surface area contributed by atoms with Gasteiger partial charge >= 0.3 is 0 Å². The Hall–Kier alpha value is -1.57. The molecule has 4 nitrogen and oxygen atoms in total. The third-order valence-electron chi connectivity index (χ3n) is 4.08. The lowest BCUT2D eigenvalue weighted by Gasteiger charge is -2.34. The van der Waals surface area contributed by atoms with Gasteiger partial charge < -0.3 is 10.5 Å². The highest BCUT2D eigenvalue weighted by Gasteiger charge is 2.22. The van der Waals surface area contributed by atoms with Gasteiger partial charge in [-0.1, -0.05) is 6.07 Å². The topological polar surface area (TPSA) is 62.3 Å². The van der Waals surface area contributed by atoms with Crippen molar-refractivity contribution >= 4 is 0 Å². The van der Waals surface area contributed by atoms with Gasteiger partial charge in [0.1, 0.15) is 11.8 Å². The first-order valence-corrected chi connectivity index (χ1v) is 7.19. The molecule has 4 heteroatoms. The van der Waals surface area contributed by atoms with E-state index >= 15 is 0 Å². The van der Waals surface area contributed by atoms with Crippen LogP contribution < -0.4 is 10.5 Å². The minimum atomic E-state index is 0.258. The van der Waals surface area contributed by atoms with Crippen LogP contribution >= 0.6 is 0 Å². The lowest BCUT2D eigenvalue weighted by atomic mass is 9.92. The van der Waals surface area contributed by atoms with E-state index in [2.05, 4.69) is 17.9 Å². The molecule has 0 saturated carbocycles. The van der Waals surface area contributed by atoms with E-state index in [1.54, 1.807) is 7.11 Å². The highest BCUT2D eigenvalue weighted by molar-refractivity contribution is 5.45. The molecular formula is C16H23N3O. The number of nitrogens with two attached hydrogens (primary N) is 1. The molecule has 0 aromatic heterocycles. The zero-order valence-corrected chi connectivity index (χ0v) is 12.3. The minimum absolute atomic E-state index is 0.258. The van der Waals surface area contributed by atoms with Gasteiger partial charge in [0, 0.05) is 19.1 Å². The summed E-state index contributed by atoms with van der Waals surface area (Å²) in [5.74, 6) is 1.25. The first kappa shape index (κ1) is 14.8. The maximum absolute atomic E-state index is 9.00. The van der Waals surface area contributed by atoms with E-state index in [0.717, 1.165) is 19.6 Å². The lowest BCUT2D eigenvalue weighted by molar-refractivity contribution is 0.154. The average Bonchev–Trinajstić information content (AvgIpc) is 2.47. The number of ether oxygens (including phenoxy) is 1.